The zero-order chi connectivity index (χ0) is 12.1. The van der Waals surface area contributed by atoms with Crippen LogP contribution >= 0.6 is 7.75 Å². The van der Waals surface area contributed by atoms with E-state index in [0.29, 0.717) is 13.0 Å². The predicted molar refractivity (Wildman–Crippen MR) is 55.8 cm³/mol. The molecule has 0 aromatic rings. The van der Waals surface area contributed by atoms with Gasteiger partial charge in [-0.05, 0) is 25.9 Å². The molecule has 0 bridgehead atoms. The first-order valence-electron chi connectivity index (χ1n) is 4.51. The molecular formula is C7H18N3O4P. The van der Waals surface area contributed by atoms with Crippen molar-refractivity contribution in [2.24, 2.45) is 17.2 Å². The number of hydrogen-bond acceptors (Lipinski definition) is 5. The van der Waals surface area contributed by atoms with Crippen molar-refractivity contribution in [2.75, 3.05) is 13.6 Å². The Labute approximate surface area is 88.7 Å². The third-order valence-corrected chi connectivity index (χ3v) is 2.17. The standard InChI is InChI=1S/C7H18N3O4P/c1-5(4-10-2)3-6(8)7(11)14-15(9,12)13/h5-6,10H,3-4,8H2,1-2H3,(H3,9,12,13)/t5?,6-/m0/s1. The summed E-state index contributed by atoms with van der Waals surface area (Å²) in [7, 11) is -2.50. The molecule has 0 amide bonds. The van der Waals surface area contributed by atoms with E-state index in [4.69, 9.17) is 10.6 Å². The molecule has 2 unspecified atom stereocenters. The first-order valence-corrected chi connectivity index (χ1v) is 6.16. The minimum absolute atomic E-state index is 0.161. The molecule has 0 aliphatic heterocycles. The first-order chi connectivity index (χ1) is 6.76. The number of hydrogen-bond donors (Lipinski definition) is 4. The summed E-state index contributed by atoms with van der Waals surface area (Å²) in [5, 5.41) is 2.92. The van der Waals surface area contributed by atoms with Crippen LogP contribution in [0.25, 0.3) is 0 Å². The minimum Gasteiger partial charge on any atom is -0.379 e. The van der Waals surface area contributed by atoms with Crippen molar-refractivity contribution in [3.05, 3.63) is 0 Å². The van der Waals surface area contributed by atoms with Crippen molar-refractivity contribution in [1.29, 1.82) is 0 Å². The van der Waals surface area contributed by atoms with Crippen LogP contribution in [-0.2, 0) is 13.9 Å². The average Bonchev–Trinajstić information content (AvgIpc) is 2.00. The van der Waals surface area contributed by atoms with E-state index < -0.39 is 19.8 Å². The number of nitrogens with one attached hydrogen (secondary N) is 1. The average molecular weight is 239 g/mol. The van der Waals surface area contributed by atoms with Gasteiger partial charge in [-0.25, -0.2) is 14.9 Å². The second-order valence-electron chi connectivity index (χ2n) is 3.48. The zero-order valence-electron chi connectivity index (χ0n) is 8.84. The van der Waals surface area contributed by atoms with E-state index in [0.717, 1.165) is 0 Å². The van der Waals surface area contributed by atoms with Gasteiger partial charge in [-0.1, -0.05) is 6.92 Å². The fraction of sp³-hybridized carbons (Fsp3) is 0.857. The van der Waals surface area contributed by atoms with Gasteiger partial charge in [-0.3, -0.25) is 0 Å². The third kappa shape index (κ3) is 7.47. The molecule has 0 aromatic heterocycles. The molecule has 15 heavy (non-hydrogen) atoms. The van der Waals surface area contributed by atoms with Gasteiger partial charge in [-0.2, -0.15) is 0 Å². The van der Waals surface area contributed by atoms with E-state index in [2.05, 4.69) is 15.3 Å². The maximum Gasteiger partial charge on any atom is 0.455 e. The molecule has 0 radical (unpaired) electrons. The number of carbonyl (C=O) groups excluding carboxylic acids is 1. The predicted octanol–water partition coefficient (Wildman–Crippen LogP) is -0.838. The Morgan fingerprint density at radius 1 is 1.67 bits per heavy atom. The molecule has 0 heterocycles. The Balaban J connectivity index is 4.05. The van der Waals surface area contributed by atoms with Gasteiger partial charge in [-0.15, -0.1) is 0 Å². The summed E-state index contributed by atoms with van der Waals surface area (Å²) in [6, 6.07) is -0.933. The highest BCUT2D eigenvalue weighted by Gasteiger charge is 2.24. The minimum atomic E-state index is -4.28. The Bertz CT molecular complexity index is 255. The highest BCUT2D eigenvalue weighted by atomic mass is 31.2. The van der Waals surface area contributed by atoms with Crippen molar-refractivity contribution in [3.63, 3.8) is 0 Å². The fourth-order valence-corrected chi connectivity index (χ4v) is 1.55. The molecule has 0 rings (SSSR count). The monoisotopic (exact) mass is 239 g/mol. The van der Waals surface area contributed by atoms with Gasteiger partial charge in [0, 0.05) is 0 Å². The Morgan fingerprint density at radius 2 is 2.20 bits per heavy atom. The van der Waals surface area contributed by atoms with Gasteiger partial charge in [0.1, 0.15) is 6.04 Å². The van der Waals surface area contributed by atoms with Crippen molar-refractivity contribution in [3.8, 4) is 0 Å². The highest BCUT2D eigenvalue weighted by Crippen LogP contribution is 2.31. The topological polar surface area (TPSA) is 128 Å². The van der Waals surface area contributed by atoms with Crippen LogP contribution in [0.4, 0.5) is 0 Å². The molecule has 8 heteroatoms. The van der Waals surface area contributed by atoms with E-state index in [9.17, 15) is 9.36 Å². The van der Waals surface area contributed by atoms with E-state index in [-0.39, 0.29) is 5.92 Å². The summed E-state index contributed by atoms with van der Waals surface area (Å²) in [6.45, 7) is 2.59. The molecule has 3 atom stereocenters. The van der Waals surface area contributed by atoms with Crippen LogP contribution in [0.1, 0.15) is 13.3 Å². The maximum absolute atomic E-state index is 11.1. The molecular weight excluding hydrogens is 221 g/mol. The Morgan fingerprint density at radius 3 is 2.60 bits per heavy atom. The molecule has 6 N–H and O–H groups in total. The van der Waals surface area contributed by atoms with Gasteiger partial charge in [0.05, 0.1) is 0 Å². The normalized spacial score (nSPS) is 19.0. The number of rotatable bonds is 6. The van der Waals surface area contributed by atoms with Gasteiger partial charge in [0.25, 0.3) is 0 Å². The smallest absolute Gasteiger partial charge is 0.379 e. The molecule has 0 saturated carbocycles. The number of carbonyl (C=O) groups is 1. The molecule has 0 saturated heterocycles. The lowest BCUT2D eigenvalue weighted by Gasteiger charge is -2.16. The van der Waals surface area contributed by atoms with E-state index in [1.165, 1.54) is 0 Å². The second-order valence-corrected chi connectivity index (χ2v) is 4.79. The lowest BCUT2D eigenvalue weighted by molar-refractivity contribution is -0.136. The van der Waals surface area contributed by atoms with Crippen LogP contribution in [0.5, 0.6) is 0 Å². The van der Waals surface area contributed by atoms with Crippen LogP contribution in [0.3, 0.4) is 0 Å². The Kier molecular flexibility index (Phi) is 6.00. The zero-order valence-corrected chi connectivity index (χ0v) is 9.74. The summed E-state index contributed by atoms with van der Waals surface area (Å²) in [5.74, 6) is -0.792. The molecule has 0 aromatic carbocycles. The van der Waals surface area contributed by atoms with Crippen molar-refractivity contribution < 1.29 is 18.8 Å². The van der Waals surface area contributed by atoms with Gasteiger partial charge < -0.3 is 20.5 Å². The van der Waals surface area contributed by atoms with Crippen LogP contribution in [0.15, 0.2) is 0 Å². The molecule has 0 aliphatic carbocycles. The quantitative estimate of drug-likeness (QED) is 0.445. The summed E-state index contributed by atoms with van der Waals surface area (Å²) >= 11 is 0. The van der Waals surface area contributed by atoms with Crippen molar-refractivity contribution in [2.45, 2.75) is 19.4 Å². The number of nitrogens with two attached hydrogens (primary N) is 2. The highest BCUT2D eigenvalue weighted by molar-refractivity contribution is 7.50. The lowest BCUT2D eigenvalue weighted by Crippen LogP contribution is -2.35. The summed E-state index contributed by atoms with van der Waals surface area (Å²) in [5.41, 5.74) is 10.1. The summed E-state index contributed by atoms with van der Waals surface area (Å²) in [6.07, 6.45) is 0.361. The molecule has 90 valence electrons. The molecule has 7 nitrogen and oxygen atoms in total. The molecule has 0 fully saturated rings. The molecule has 0 spiro atoms. The maximum atomic E-state index is 11.1. The summed E-state index contributed by atoms with van der Waals surface area (Å²) in [4.78, 5) is 19.7. The van der Waals surface area contributed by atoms with Crippen molar-refractivity contribution >= 4 is 13.7 Å². The lowest BCUT2D eigenvalue weighted by atomic mass is 10.0. The van der Waals surface area contributed by atoms with E-state index in [1.54, 1.807) is 7.05 Å². The van der Waals surface area contributed by atoms with E-state index >= 15 is 0 Å². The van der Waals surface area contributed by atoms with Crippen LogP contribution in [0, 0.1) is 5.92 Å². The largest absolute Gasteiger partial charge is 0.455 e. The molecule has 0 aliphatic rings. The first kappa shape index (κ1) is 14.5. The Hall–Kier alpha value is -0.460. The van der Waals surface area contributed by atoms with E-state index in [1.807, 2.05) is 6.92 Å². The third-order valence-electron chi connectivity index (χ3n) is 1.73. The fourth-order valence-electron chi connectivity index (χ4n) is 1.16. The SMILES string of the molecule is CNCC(C)C[C@H](N)C(=O)OP(N)(=O)O. The van der Waals surface area contributed by atoms with Gasteiger partial charge in [0.15, 0.2) is 0 Å². The summed E-state index contributed by atoms with van der Waals surface area (Å²) < 4.78 is 14.6. The van der Waals surface area contributed by atoms with Crippen LogP contribution < -0.4 is 16.6 Å². The second kappa shape index (κ2) is 6.19. The van der Waals surface area contributed by atoms with Gasteiger partial charge >= 0.3 is 13.7 Å². The van der Waals surface area contributed by atoms with Crippen LogP contribution in [0.2, 0.25) is 0 Å². The van der Waals surface area contributed by atoms with Crippen molar-refractivity contribution in [1.82, 2.24) is 5.32 Å². The van der Waals surface area contributed by atoms with Crippen LogP contribution in [-0.4, -0.2) is 30.5 Å². The van der Waals surface area contributed by atoms with Gasteiger partial charge in [0.2, 0.25) is 0 Å².